The second-order valence-electron chi connectivity index (χ2n) is 4.73. The zero-order valence-corrected chi connectivity index (χ0v) is 12.7. The highest BCUT2D eigenvalue weighted by Gasteiger charge is 2.12. The van der Waals surface area contributed by atoms with Crippen LogP contribution in [0.15, 0.2) is 29.2 Å². The number of carbonyl (C=O) groups is 1. The first kappa shape index (κ1) is 15.4. The van der Waals surface area contributed by atoms with Gasteiger partial charge in [-0.1, -0.05) is 12.1 Å². The molecule has 5 heteroatoms. The highest BCUT2D eigenvalue weighted by Crippen LogP contribution is 2.24. The number of benzene rings is 1. The standard InChI is InChI=1S/C13H20N2OS2/c1-13(2,14)9-18-8-12(16)15-10-6-4-5-7-11(10)17-3/h4-7H,8-9,14H2,1-3H3,(H,15,16). The van der Waals surface area contributed by atoms with Crippen LogP contribution in [0.2, 0.25) is 0 Å². The van der Waals surface area contributed by atoms with Crippen molar-refractivity contribution in [3.8, 4) is 0 Å². The van der Waals surface area contributed by atoms with Crippen LogP contribution in [0.25, 0.3) is 0 Å². The third kappa shape index (κ3) is 5.80. The molecule has 1 aromatic rings. The first-order valence-corrected chi connectivity index (χ1v) is 8.10. The van der Waals surface area contributed by atoms with Gasteiger partial charge in [-0.15, -0.1) is 11.8 Å². The third-order valence-corrected chi connectivity index (χ3v) is 4.30. The summed E-state index contributed by atoms with van der Waals surface area (Å²) in [5.74, 6) is 1.22. The Morgan fingerprint density at radius 3 is 2.67 bits per heavy atom. The van der Waals surface area contributed by atoms with E-state index in [1.54, 1.807) is 23.5 Å². The molecule has 1 rings (SSSR count). The summed E-state index contributed by atoms with van der Waals surface area (Å²) in [4.78, 5) is 12.9. The molecule has 0 aliphatic carbocycles. The summed E-state index contributed by atoms with van der Waals surface area (Å²) in [5, 5.41) is 2.93. The molecule has 0 saturated heterocycles. The van der Waals surface area contributed by atoms with Crippen LogP contribution in [-0.2, 0) is 4.79 Å². The minimum Gasteiger partial charge on any atom is -0.325 e. The fraction of sp³-hybridized carbons (Fsp3) is 0.462. The molecule has 0 atom stereocenters. The maximum atomic E-state index is 11.8. The van der Waals surface area contributed by atoms with E-state index in [9.17, 15) is 4.79 Å². The van der Waals surface area contributed by atoms with E-state index in [0.29, 0.717) is 5.75 Å². The fourth-order valence-electron chi connectivity index (χ4n) is 1.34. The number of hydrogen-bond acceptors (Lipinski definition) is 4. The molecule has 0 aliphatic rings. The van der Waals surface area contributed by atoms with E-state index in [2.05, 4.69) is 5.32 Å². The van der Waals surface area contributed by atoms with Gasteiger partial charge in [0.15, 0.2) is 0 Å². The van der Waals surface area contributed by atoms with Crippen molar-refractivity contribution in [3.63, 3.8) is 0 Å². The van der Waals surface area contributed by atoms with Gasteiger partial charge in [0.1, 0.15) is 0 Å². The molecule has 0 bridgehead atoms. The molecule has 0 heterocycles. The molecule has 0 radical (unpaired) electrons. The van der Waals surface area contributed by atoms with Crippen molar-refractivity contribution in [2.75, 3.05) is 23.1 Å². The number of hydrogen-bond donors (Lipinski definition) is 2. The molecule has 3 nitrogen and oxygen atoms in total. The van der Waals surface area contributed by atoms with Gasteiger partial charge < -0.3 is 11.1 Å². The summed E-state index contributed by atoms with van der Waals surface area (Å²) in [6, 6.07) is 7.80. The second-order valence-corrected chi connectivity index (χ2v) is 6.56. The number of anilines is 1. The summed E-state index contributed by atoms with van der Waals surface area (Å²) in [7, 11) is 0. The van der Waals surface area contributed by atoms with Crippen LogP contribution in [-0.4, -0.2) is 29.2 Å². The maximum Gasteiger partial charge on any atom is 0.234 e. The van der Waals surface area contributed by atoms with E-state index in [1.165, 1.54) is 0 Å². The number of nitrogens with one attached hydrogen (secondary N) is 1. The van der Waals surface area contributed by atoms with Gasteiger partial charge >= 0.3 is 0 Å². The predicted molar refractivity (Wildman–Crippen MR) is 82.4 cm³/mol. The average Bonchev–Trinajstić information content (AvgIpc) is 2.28. The van der Waals surface area contributed by atoms with Crippen molar-refractivity contribution in [3.05, 3.63) is 24.3 Å². The molecule has 0 aromatic heterocycles. The summed E-state index contributed by atoms with van der Waals surface area (Å²) in [6.07, 6.45) is 2.00. The summed E-state index contributed by atoms with van der Waals surface area (Å²) in [6.45, 7) is 3.92. The Morgan fingerprint density at radius 2 is 2.06 bits per heavy atom. The van der Waals surface area contributed by atoms with Gasteiger partial charge in [-0.25, -0.2) is 0 Å². The summed E-state index contributed by atoms with van der Waals surface area (Å²) >= 11 is 3.18. The van der Waals surface area contributed by atoms with Crippen molar-refractivity contribution in [2.24, 2.45) is 5.73 Å². The second kappa shape index (κ2) is 7.07. The van der Waals surface area contributed by atoms with Crippen LogP contribution in [0.1, 0.15) is 13.8 Å². The molecule has 1 aromatic carbocycles. The van der Waals surface area contributed by atoms with Gasteiger partial charge in [-0.2, -0.15) is 11.8 Å². The number of amides is 1. The number of rotatable bonds is 6. The van der Waals surface area contributed by atoms with E-state index < -0.39 is 0 Å². The van der Waals surface area contributed by atoms with Crippen LogP contribution in [0.5, 0.6) is 0 Å². The largest absolute Gasteiger partial charge is 0.325 e. The lowest BCUT2D eigenvalue weighted by atomic mass is 10.1. The van der Waals surface area contributed by atoms with E-state index in [4.69, 9.17) is 5.73 Å². The Morgan fingerprint density at radius 1 is 1.39 bits per heavy atom. The Bertz CT molecular complexity index is 402. The highest BCUT2D eigenvalue weighted by atomic mass is 32.2. The molecule has 0 unspecified atom stereocenters. The van der Waals surface area contributed by atoms with E-state index in [1.807, 2.05) is 44.4 Å². The molecule has 0 spiro atoms. The maximum absolute atomic E-state index is 11.8. The fourth-order valence-corrected chi connectivity index (χ4v) is 2.78. The Balaban J connectivity index is 2.45. The number of thioether (sulfide) groups is 2. The highest BCUT2D eigenvalue weighted by molar-refractivity contribution is 8.00. The average molecular weight is 284 g/mol. The molecule has 0 aliphatic heterocycles. The lowest BCUT2D eigenvalue weighted by Gasteiger charge is -2.17. The smallest absolute Gasteiger partial charge is 0.234 e. The van der Waals surface area contributed by atoms with Gasteiger partial charge in [-0.05, 0) is 32.2 Å². The lowest BCUT2D eigenvalue weighted by molar-refractivity contribution is -0.113. The molecule has 1 amide bonds. The first-order valence-electron chi connectivity index (χ1n) is 5.72. The molecular formula is C13H20N2OS2. The lowest BCUT2D eigenvalue weighted by Crippen LogP contribution is -2.35. The van der Waals surface area contributed by atoms with Gasteiger partial charge in [-0.3, -0.25) is 4.79 Å². The van der Waals surface area contributed by atoms with Gasteiger partial charge in [0.2, 0.25) is 5.91 Å². The number of carbonyl (C=O) groups excluding carboxylic acids is 1. The molecular weight excluding hydrogens is 264 g/mol. The zero-order valence-electron chi connectivity index (χ0n) is 11.0. The molecule has 3 N–H and O–H groups in total. The van der Waals surface area contributed by atoms with Crippen LogP contribution in [0.4, 0.5) is 5.69 Å². The van der Waals surface area contributed by atoms with Crippen molar-refractivity contribution in [1.82, 2.24) is 0 Å². The minimum absolute atomic E-state index is 0.0192. The van der Waals surface area contributed by atoms with E-state index in [-0.39, 0.29) is 11.4 Å². The Labute approximate surface area is 117 Å². The third-order valence-electron chi connectivity index (χ3n) is 2.09. The van der Waals surface area contributed by atoms with Crippen molar-refractivity contribution < 1.29 is 4.79 Å². The topological polar surface area (TPSA) is 55.1 Å². The van der Waals surface area contributed by atoms with Crippen LogP contribution < -0.4 is 11.1 Å². The summed E-state index contributed by atoms with van der Waals surface area (Å²) < 4.78 is 0. The van der Waals surface area contributed by atoms with Crippen LogP contribution in [0.3, 0.4) is 0 Å². The van der Waals surface area contributed by atoms with Gasteiger partial charge in [0.05, 0.1) is 11.4 Å². The minimum atomic E-state index is -0.234. The van der Waals surface area contributed by atoms with Gasteiger partial charge in [0.25, 0.3) is 0 Å². The first-order chi connectivity index (χ1) is 8.42. The van der Waals surface area contributed by atoms with Crippen molar-refractivity contribution >= 4 is 35.1 Å². The van der Waals surface area contributed by atoms with E-state index in [0.717, 1.165) is 16.3 Å². The number of nitrogens with two attached hydrogens (primary N) is 1. The predicted octanol–water partition coefficient (Wildman–Crippen LogP) is 2.82. The van der Waals surface area contributed by atoms with Crippen molar-refractivity contribution in [1.29, 1.82) is 0 Å². The molecule has 100 valence electrons. The molecule has 18 heavy (non-hydrogen) atoms. The quantitative estimate of drug-likeness (QED) is 0.789. The van der Waals surface area contributed by atoms with Gasteiger partial charge in [0, 0.05) is 16.2 Å². The number of para-hydroxylation sites is 1. The SMILES string of the molecule is CSc1ccccc1NC(=O)CSCC(C)(C)N. The van der Waals surface area contributed by atoms with Crippen LogP contribution >= 0.6 is 23.5 Å². The van der Waals surface area contributed by atoms with E-state index >= 15 is 0 Å². The van der Waals surface area contributed by atoms with Crippen LogP contribution in [0, 0.1) is 0 Å². The van der Waals surface area contributed by atoms with Crippen molar-refractivity contribution in [2.45, 2.75) is 24.3 Å². The normalized spacial score (nSPS) is 11.3. The zero-order chi connectivity index (χ0) is 13.6. The monoisotopic (exact) mass is 284 g/mol. The Kier molecular flexibility index (Phi) is 6.05. The summed E-state index contributed by atoms with van der Waals surface area (Å²) in [5.41, 5.74) is 6.51. The Hall–Kier alpha value is -0.650. The molecule has 0 saturated carbocycles. The molecule has 0 fully saturated rings.